The van der Waals surface area contributed by atoms with Gasteiger partial charge in [0.25, 0.3) is 0 Å². The third-order valence-corrected chi connectivity index (χ3v) is 4.31. The number of rotatable bonds is 9. The molecule has 3 nitrogen and oxygen atoms in total. The standard InChI is InChI=1S/C18H30N2OS/c1-5-14(3)15-8-10-16(11-9-15)17(6-2)20-18(22)19-12-7-13-21-4/h8-11,14,17H,5-7,12-13H2,1-4H3,(H2,19,20,22)/t14-,17-/m0/s1. The summed E-state index contributed by atoms with van der Waals surface area (Å²) in [7, 11) is 1.72. The molecule has 0 aliphatic rings. The largest absolute Gasteiger partial charge is 0.385 e. The first-order chi connectivity index (χ1) is 10.6. The first kappa shape index (κ1) is 18.9. The van der Waals surface area contributed by atoms with E-state index >= 15 is 0 Å². The molecule has 1 rings (SSSR count). The molecule has 4 heteroatoms. The topological polar surface area (TPSA) is 33.3 Å². The van der Waals surface area contributed by atoms with Crippen molar-refractivity contribution in [2.24, 2.45) is 0 Å². The Morgan fingerprint density at radius 3 is 2.32 bits per heavy atom. The Morgan fingerprint density at radius 1 is 1.14 bits per heavy atom. The minimum absolute atomic E-state index is 0.258. The average molecular weight is 323 g/mol. The Kier molecular flexibility index (Phi) is 9.09. The van der Waals surface area contributed by atoms with Crippen LogP contribution >= 0.6 is 12.2 Å². The lowest BCUT2D eigenvalue weighted by Crippen LogP contribution is -2.38. The molecule has 0 aliphatic heterocycles. The van der Waals surface area contributed by atoms with E-state index in [0.717, 1.165) is 26.0 Å². The van der Waals surface area contributed by atoms with Crippen LogP contribution in [0.1, 0.15) is 63.1 Å². The molecular formula is C18H30N2OS. The predicted molar refractivity (Wildman–Crippen MR) is 98.4 cm³/mol. The quantitative estimate of drug-likeness (QED) is 0.528. The van der Waals surface area contributed by atoms with Gasteiger partial charge in [0.15, 0.2) is 5.11 Å². The van der Waals surface area contributed by atoms with Gasteiger partial charge in [-0.2, -0.15) is 0 Å². The van der Waals surface area contributed by atoms with E-state index in [1.165, 1.54) is 17.5 Å². The van der Waals surface area contributed by atoms with Crippen molar-refractivity contribution < 1.29 is 4.74 Å². The summed E-state index contributed by atoms with van der Waals surface area (Å²) in [5.74, 6) is 0.616. The third-order valence-electron chi connectivity index (χ3n) is 4.04. The minimum Gasteiger partial charge on any atom is -0.385 e. The Balaban J connectivity index is 2.54. The van der Waals surface area contributed by atoms with Crippen LogP contribution in [0.25, 0.3) is 0 Å². The van der Waals surface area contributed by atoms with Gasteiger partial charge in [-0.15, -0.1) is 0 Å². The lowest BCUT2D eigenvalue weighted by Gasteiger charge is -2.21. The first-order valence-corrected chi connectivity index (χ1v) is 8.66. The molecule has 0 saturated heterocycles. The van der Waals surface area contributed by atoms with Gasteiger partial charge in [-0.1, -0.05) is 45.0 Å². The summed E-state index contributed by atoms with van der Waals surface area (Å²) in [4.78, 5) is 0. The van der Waals surface area contributed by atoms with Crippen molar-refractivity contribution in [2.75, 3.05) is 20.3 Å². The maximum Gasteiger partial charge on any atom is 0.166 e. The highest BCUT2D eigenvalue weighted by molar-refractivity contribution is 7.80. The van der Waals surface area contributed by atoms with Crippen LogP contribution in [0.4, 0.5) is 0 Å². The van der Waals surface area contributed by atoms with E-state index < -0.39 is 0 Å². The molecule has 2 atom stereocenters. The molecule has 0 bridgehead atoms. The summed E-state index contributed by atoms with van der Waals surface area (Å²) in [5.41, 5.74) is 2.69. The zero-order chi connectivity index (χ0) is 16.4. The van der Waals surface area contributed by atoms with Crippen LogP contribution in [-0.4, -0.2) is 25.4 Å². The maximum atomic E-state index is 5.37. The van der Waals surface area contributed by atoms with Gasteiger partial charge in [-0.25, -0.2) is 0 Å². The van der Waals surface area contributed by atoms with Gasteiger partial charge in [-0.05, 0) is 48.5 Å². The van der Waals surface area contributed by atoms with Crippen molar-refractivity contribution in [3.8, 4) is 0 Å². The minimum atomic E-state index is 0.258. The van der Waals surface area contributed by atoms with E-state index in [-0.39, 0.29) is 6.04 Å². The van der Waals surface area contributed by atoms with Crippen LogP contribution in [0.2, 0.25) is 0 Å². The number of hydrogen-bond donors (Lipinski definition) is 2. The lowest BCUT2D eigenvalue weighted by molar-refractivity contribution is 0.195. The molecular weight excluding hydrogens is 292 g/mol. The summed E-state index contributed by atoms with van der Waals surface area (Å²) in [6, 6.07) is 9.17. The molecule has 0 fully saturated rings. The van der Waals surface area contributed by atoms with Gasteiger partial charge in [-0.3, -0.25) is 0 Å². The summed E-state index contributed by atoms with van der Waals surface area (Å²) >= 11 is 5.37. The van der Waals surface area contributed by atoms with Crippen molar-refractivity contribution in [1.82, 2.24) is 10.6 Å². The van der Waals surface area contributed by atoms with Gasteiger partial charge in [0, 0.05) is 20.3 Å². The van der Waals surface area contributed by atoms with E-state index in [2.05, 4.69) is 55.7 Å². The van der Waals surface area contributed by atoms with E-state index in [1.807, 2.05) is 0 Å². The number of methoxy groups -OCH3 is 1. The molecule has 0 aromatic heterocycles. The lowest BCUT2D eigenvalue weighted by atomic mass is 9.95. The first-order valence-electron chi connectivity index (χ1n) is 8.25. The fourth-order valence-corrected chi connectivity index (χ4v) is 2.59. The number of thiocarbonyl (C=S) groups is 1. The third kappa shape index (κ3) is 6.32. The van der Waals surface area contributed by atoms with Crippen molar-refractivity contribution in [1.29, 1.82) is 0 Å². The second-order valence-corrected chi connectivity index (χ2v) is 6.09. The van der Waals surface area contributed by atoms with Gasteiger partial charge in [0.1, 0.15) is 0 Å². The predicted octanol–water partition coefficient (Wildman–Crippen LogP) is 4.15. The number of benzene rings is 1. The molecule has 22 heavy (non-hydrogen) atoms. The monoisotopic (exact) mass is 322 g/mol. The highest BCUT2D eigenvalue weighted by atomic mass is 32.1. The van der Waals surface area contributed by atoms with Crippen LogP contribution in [-0.2, 0) is 4.74 Å². The molecule has 2 N–H and O–H groups in total. The Bertz CT molecular complexity index is 433. The van der Waals surface area contributed by atoms with Crippen molar-refractivity contribution >= 4 is 17.3 Å². The van der Waals surface area contributed by atoms with Gasteiger partial charge in [0.05, 0.1) is 6.04 Å². The number of hydrogen-bond acceptors (Lipinski definition) is 2. The Hall–Kier alpha value is -1.13. The summed E-state index contributed by atoms with van der Waals surface area (Å²) in [5, 5.41) is 7.35. The second kappa shape index (κ2) is 10.6. The van der Waals surface area contributed by atoms with E-state index in [4.69, 9.17) is 17.0 Å². The summed E-state index contributed by atoms with van der Waals surface area (Å²) < 4.78 is 5.03. The SMILES string of the molecule is CC[C@H](NC(=S)NCCCOC)c1ccc([C@@H](C)CC)cc1. The smallest absolute Gasteiger partial charge is 0.166 e. The van der Waals surface area contributed by atoms with Crippen molar-refractivity contribution in [2.45, 2.75) is 52.0 Å². The fraction of sp³-hybridized carbons (Fsp3) is 0.611. The van der Waals surface area contributed by atoms with E-state index in [9.17, 15) is 0 Å². The number of ether oxygens (including phenoxy) is 1. The van der Waals surface area contributed by atoms with E-state index in [1.54, 1.807) is 7.11 Å². The molecule has 0 spiro atoms. The molecule has 0 heterocycles. The average Bonchev–Trinajstić information content (AvgIpc) is 2.56. The molecule has 0 radical (unpaired) electrons. The zero-order valence-electron chi connectivity index (χ0n) is 14.3. The molecule has 0 aliphatic carbocycles. The van der Waals surface area contributed by atoms with Crippen molar-refractivity contribution in [3.05, 3.63) is 35.4 Å². The molecule has 0 saturated carbocycles. The normalized spacial score (nSPS) is 13.5. The van der Waals surface area contributed by atoms with Gasteiger partial charge < -0.3 is 15.4 Å². The highest BCUT2D eigenvalue weighted by Gasteiger charge is 2.11. The van der Waals surface area contributed by atoms with Crippen LogP contribution in [0.5, 0.6) is 0 Å². The molecule has 1 aromatic rings. The summed E-state index contributed by atoms with van der Waals surface area (Å²) in [6.07, 6.45) is 3.13. The fourth-order valence-electron chi connectivity index (χ4n) is 2.34. The van der Waals surface area contributed by atoms with E-state index in [0.29, 0.717) is 11.0 Å². The van der Waals surface area contributed by atoms with Gasteiger partial charge >= 0.3 is 0 Å². The zero-order valence-corrected chi connectivity index (χ0v) is 15.1. The van der Waals surface area contributed by atoms with Crippen LogP contribution < -0.4 is 10.6 Å². The van der Waals surface area contributed by atoms with Crippen LogP contribution in [0.15, 0.2) is 24.3 Å². The van der Waals surface area contributed by atoms with Crippen LogP contribution in [0, 0.1) is 0 Å². The van der Waals surface area contributed by atoms with Gasteiger partial charge in [0.2, 0.25) is 0 Å². The molecule has 0 unspecified atom stereocenters. The van der Waals surface area contributed by atoms with Crippen molar-refractivity contribution in [3.63, 3.8) is 0 Å². The van der Waals surface area contributed by atoms with Crippen LogP contribution in [0.3, 0.4) is 0 Å². The molecule has 0 amide bonds. The maximum absolute atomic E-state index is 5.37. The molecule has 1 aromatic carbocycles. The second-order valence-electron chi connectivity index (χ2n) is 5.68. The Morgan fingerprint density at radius 2 is 1.77 bits per heavy atom. The molecule has 124 valence electrons. The number of nitrogens with one attached hydrogen (secondary N) is 2. The highest BCUT2D eigenvalue weighted by Crippen LogP contribution is 2.22. The summed E-state index contributed by atoms with van der Waals surface area (Å²) in [6.45, 7) is 8.26. The Labute approximate surface area is 140 Å².